The average Bonchev–Trinajstić information content (AvgIpc) is 2.73. The van der Waals surface area contributed by atoms with Crippen molar-refractivity contribution in [2.45, 2.75) is 6.92 Å². The van der Waals surface area contributed by atoms with Gasteiger partial charge in [0.05, 0.1) is 12.3 Å². The molecule has 17 heavy (non-hydrogen) atoms. The van der Waals surface area contributed by atoms with Gasteiger partial charge in [0.2, 0.25) is 0 Å². The quantitative estimate of drug-likeness (QED) is 0.859. The minimum atomic E-state index is -0.589. The lowest BCUT2D eigenvalue weighted by molar-refractivity contribution is 0.150. The van der Waals surface area contributed by atoms with Crippen molar-refractivity contribution in [3.05, 3.63) is 46.8 Å². The first-order chi connectivity index (χ1) is 8.22. The van der Waals surface area contributed by atoms with Gasteiger partial charge in [0.25, 0.3) is 5.56 Å². The molecule has 0 spiro atoms. The van der Waals surface area contributed by atoms with Crippen LogP contribution < -0.4 is 5.56 Å². The Hall–Kier alpha value is -2.30. The van der Waals surface area contributed by atoms with Crippen molar-refractivity contribution in [3.8, 4) is 11.3 Å². The second-order valence-corrected chi connectivity index (χ2v) is 3.41. The molecule has 1 aromatic heterocycles. The predicted molar refractivity (Wildman–Crippen MR) is 62.9 cm³/mol. The Morgan fingerprint density at radius 1 is 1.35 bits per heavy atom. The number of aromatic amines is 1. The third-order valence-corrected chi connectivity index (χ3v) is 2.25. The Labute approximate surface area is 97.6 Å². The number of H-pyrrole nitrogens is 1. The van der Waals surface area contributed by atoms with Gasteiger partial charge in [-0.15, -0.1) is 0 Å². The van der Waals surface area contributed by atoms with E-state index in [0.717, 1.165) is 10.2 Å². The van der Waals surface area contributed by atoms with Crippen LogP contribution in [0.15, 0.2) is 41.2 Å². The lowest BCUT2D eigenvalue weighted by Gasteiger charge is -2.06. The molecule has 0 atom stereocenters. The van der Waals surface area contributed by atoms with Gasteiger partial charge in [-0.1, -0.05) is 30.3 Å². The third-order valence-electron chi connectivity index (χ3n) is 2.25. The Morgan fingerprint density at radius 3 is 2.71 bits per heavy atom. The number of benzene rings is 1. The Morgan fingerprint density at radius 2 is 2.06 bits per heavy atom. The number of hydrogen-bond donors (Lipinski definition) is 1. The maximum atomic E-state index is 11.6. The molecule has 1 N–H and O–H groups in total. The normalized spacial score (nSPS) is 10.2. The van der Waals surface area contributed by atoms with Gasteiger partial charge in [0.1, 0.15) is 0 Å². The van der Waals surface area contributed by atoms with Crippen LogP contribution in [0.25, 0.3) is 11.3 Å². The molecule has 0 bridgehead atoms. The minimum absolute atomic E-state index is 0.257. The number of carbonyl (C=O) groups is 1. The highest BCUT2D eigenvalue weighted by atomic mass is 16.6. The van der Waals surface area contributed by atoms with Crippen LogP contribution in [0.1, 0.15) is 6.92 Å². The van der Waals surface area contributed by atoms with Crippen molar-refractivity contribution < 1.29 is 9.53 Å². The Bertz CT molecular complexity index is 569. The lowest BCUT2D eigenvalue weighted by atomic mass is 10.1. The molecule has 0 saturated carbocycles. The van der Waals surface area contributed by atoms with E-state index in [4.69, 9.17) is 4.74 Å². The van der Waals surface area contributed by atoms with Crippen molar-refractivity contribution in [2.24, 2.45) is 0 Å². The summed E-state index contributed by atoms with van der Waals surface area (Å²) in [6.07, 6.45) is -0.589. The minimum Gasteiger partial charge on any atom is -0.448 e. The second kappa shape index (κ2) is 4.69. The molecule has 0 aliphatic carbocycles. The molecule has 5 heteroatoms. The smallest absolute Gasteiger partial charge is 0.433 e. The van der Waals surface area contributed by atoms with E-state index in [-0.39, 0.29) is 12.2 Å². The number of nitrogens with one attached hydrogen (secondary N) is 1. The van der Waals surface area contributed by atoms with E-state index < -0.39 is 6.09 Å². The van der Waals surface area contributed by atoms with E-state index >= 15 is 0 Å². The number of hydrogen-bond acceptors (Lipinski definition) is 3. The highest BCUT2D eigenvalue weighted by Gasteiger charge is 2.13. The molecule has 0 aliphatic rings. The zero-order valence-electron chi connectivity index (χ0n) is 9.34. The van der Waals surface area contributed by atoms with Crippen LogP contribution in [0.4, 0.5) is 4.79 Å². The van der Waals surface area contributed by atoms with E-state index in [9.17, 15) is 9.59 Å². The fourth-order valence-corrected chi connectivity index (χ4v) is 1.54. The van der Waals surface area contributed by atoms with E-state index in [1.54, 1.807) is 6.92 Å². The van der Waals surface area contributed by atoms with Gasteiger partial charge < -0.3 is 4.74 Å². The van der Waals surface area contributed by atoms with Crippen LogP contribution in [0.3, 0.4) is 0 Å². The third kappa shape index (κ3) is 2.28. The molecule has 0 unspecified atom stereocenters. The largest absolute Gasteiger partial charge is 0.448 e. The van der Waals surface area contributed by atoms with Gasteiger partial charge in [-0.05, 0) is 6.92 Å². The standard InChI is InChI=1S/C12H12N2O3/c1-2-17-12(16)14-10(8-11(15)13-14)9-6-4-3-5-7-9/h3-8H,2H2,1H3,(H,13,15). The van der Waals surface area contributed by atoms with Gasteiger partial charge in [-0.25, -0.2) is 4.79 Å². The molecule has 2 rings (SSSR count). The van der Waals surface area contributed by atoms with Crippen LogP contribution >= 0.6 is 0 Å². The fourth-order valence-electron chi connectivity index (χ4n) is 1.54. The van der Waals surface area contributed by atoms with Crippen LogP contribution in [-0.4, -0.2) is 22.5 Å². The summed E-state index contributed by atoms with van der Waals surface area (Å²) in [5.74, 6) is 0. The molecule has 1 heterocycles. The van der Waals surface area contributed by atoms with Crippen LogP contribution in [0.5, 0.6) is 0 Å². The zero-order chi connectivity index (χ0) is 12.3. The highest BCUT2D eigenvalue weighted by molar-refractivity contribution is 5.76. The highest BCUT2D eigenvalue weighted by Crippen LogP contribution is 2.16. The first kappa shape index (κ1) is 11.2. The van der Waals surface area contributed by atoms with Crippen LogP contribution in [0, 0.1) is 0 Å². The van der Waals surface area contributed by atoms with E-state index in [2.05, 4.69) is 5.10 Å². The predicted octanol–water partition coefficient (Wildman–Crippen LogP) is 1.85. The molecular weight excluding hydrogens is 220 g/mol. The number of aromatic nitrogens is 2. The molecular formula is C12H12N2O3. The molecule has 0 saturated heterocycles. The topological polar surface area (TPSA) is 64.1 Å². The van der Waals surface area contributed by atoms with Crippen molar-refractivity contribution in [1.29, 1.82) is 0 Å². The van der Waals surface area contributed by atoms with Crippen LogP contribution in [-0.2, 0) is 4.74 Å². The molecule has 0 amide bonds. The average molecular weight is 232 g/mol. The first-order valence-electron chi connectivity index (χ1n) is 5.27. The SMILES string of the molecule is CCOC(=O)n1[nH]c(=O)cc1-c1ccccc1. The summed E-state index contributed by atoms with van der Waals surface area (Å²) >= 11 is 0. The first-order valence-corrected chi connectivity index (χ1v) is 5.27. The van der Waals surface area contributed by atoms with Gasteiger partial charge >= 0.3 is 6.09 Å². The fraction of sp³-hybridized carbons (Fsp3) is 0.167. The number of ether oxygens (including phenoxy) is 1. The van der Waals surface area contributed by atoms with Crippen molar-refractivity contribution in [3.63, 3.8) is 0 Å². The monoisotopic (exact) mass is 232 g/mol. The van der Waals surface area contributed by atoms with Gasteiger partial charge in [0, 0.05) is 11.6 Å². The van der Waals surface area contributed by atoms with Gasteiger partial charge in [-0.3, -0.25) is 9.89 Å². The maximum absolute atomic E-state index is 11.6. The summed E-state index contributed by atoms with van der Waals surface area (Å²) in [5.41, 5.74) is 0.935. The molecule has 2 aromatic rings. The van der Waals surface area contributed by atoms with Crippen LogP contribution in [0.2, 0.25) is 0 Å². The van der Waals surface area contributed by atoms with Crippen molar-refractivity contribution >= 4 is 6.09 Å². The lowest BCUT2D eigenvalue weighted by Crippen LogP contribution is -2.18. The molecule has 0 fully saturated rings. The number of nitrogens with zero attached hydrogens (tertiary/aromatic N) is 1. The molecule has 5 nitrogen and oxygen atoms in total. The second-order valence-electron chi connectivity index (χ2n) is 3.41. The molecule has 0 aliphatic heterocycles. The summed E-state index contributed by atoms with van der Waals surface area (Å²) in [5, 5.41) is 2.41. The Balaban J connectivity index is 2.48. The summed E-state index contributed by atoms with van der Waals surface area (Å²) < 4.78 is 5.97. The summed E-state index contributed by atoms with van der Waals surface area (Å²) in [6, 6.07) is 10.5. The number of rotatable bonds is 2. The van der Waals surface area contributed by atoms with Crippen molar-refractivity contribution in [2.75, 3.05) is 6.61 Å². The van der Waals surface area contributed by atoms with Gasteiger partial charge in [0.15, 0.2) is 0 Å². The molecule has 1 aromatic carbocycles. The summed E-state index contributed by atoms with van der Waals surface area (Å²) in [6.45, 7) is 1.97. The molecule has 88 valence electrons. The summed E-state index contributed by atoms with van der Waals surface area (Å²) in [7, 11) is 0. The maximum Gasteiger partial charge on any atom is 0.433 e. The zero-order valence-corrected chi connectivity index (χ0v) is 9.34. The molecule has 0 radical (unpaired) electrons. The van der Waals surface area contributed by atoms with E-state index in [0.29, 0.717) is 5.69 Å². The van der Waals surface area contributed by atoms with E-state index in [1.165, 1.54) is 6.07 Å². The summed E-state index contributed by atoms with van der Waals surface area (Å²) in [4.78, 5) is 22.9. The Kier molecular flexibility index (Phi) is 3.09. The number of carbonyl (C=O) groups excluding carboxylic acids is 1. The van der Waals surface area contributed by atoms with E-state index in [1.807, 2.05) is 30.3 Å². The van der Waals surface area contributed by atoms with Crippen molar-refractivity contribution in [1.82, 2.24) is 9.78 Å². The van der Waals surface area contributed by atoms with Gasteiger partial charge in [-0.2, -0.15) is 4.68 Å².